The third kappa shape index (κ3) is 4.89. The fourth-order valence-electron chi connectivity index (χ4n) is 8.10. The smallest absolute Gasteiger partial charge is 0.0992 e. The van der Waals surface area contributed by atoms with E-state index in [9.17, 15) is 15.8 Å². The van der Waals surface area contributed by atoms with Gasteiger partial charge in [0.2, 0.25) is 0 Å². The molecule has 1 atom stereocenters. The summed E-state index contributed by atoms with van der Waals surface area (Å²) < 4.78 is 4.62. The Labute approximate surface area is 296 Å². The van der Waals surface area contributed by atoms with Crippen LogP contribution in [0.3, 0.4) is 0 Å². The first kappa shape index (κ1) is 30.2. The number of allylic oxidation sites excluding steroid dienone is 5. The summed E-state index contributed by atoms with van der Waals surface area (Å²) in [7, 11) is 0. The van der Waals surface area contributed by atoms with Gasteiger partial charge in [0.25, 0.3) is 0 Å². The van der Waals surface area contributed by atoms with Crippen LogP contribution in [0.5, 0.6) is 0 Å². The minimum absolute atomic E-state index is 0.345. The zero-order valence-electron chi connectivity index (χ0n) is 28.1. The van der Waals surface area contributed by atoms with Gasteiger partial charge in [-0.25, -0.2) is 0 Å². The molecule has 0 spiro atoms. The SMILES string of the molecule is CC1C=C(n2c3c(c4cc(C#N)ccc42)C=CCC3)C=C(c2ccc(-c3cc(C#N)ccc3-n3c4ccccc4c4ccc(C#N)cc43)cc2)C1. The molecule has 5 aromatic carbocycles. The second-order valence-corrected chi connectivity index (χ2v) is 13.5. The van der Waals surface area contributed by atoms with Crippen molar-refractivity contribution in [2.24, 2.45) is 5.92 Å². The Morgan fingerprint density at radius 3 is 2.16 bits per heavy atom. The standard InChI is InChI=1S/C46H31N5/c1-29-20-35(25-36(21-29)50-42-8-4-3-7-38(42)41-23-31(27-48)12-19-45(41)50)33-13-15-34(16-14-33)40-22-30(26-47)11-18-44(40)51-43-9-5-2-6-37(43)39-17-10-32(28-49)24-46(39)51/h2-3,5-7,9-19,21-25,29H,4,8,20H2,1H3. The molecule has 0 bridgehead atoms. The summed E-state index contributed by atoms with van der Waals surface area (Å²) in [6.07, 6.45) is 12.0. The zero-order chi connectivity index (χ0) is 34.6. The zero-order valence-corrected chi connectivity index (χ0v) is 28.1. The van der Waals surface area contributed by atoms with E-state index >= 15 is 0 Å². The Kier molecular flexibility index (Phi) is 7.06. The number of hydrogen-bond acceptors (Lipinski definition) is 3. The summed E-state index contributed by atoms with van der Waals surface area (Å²) >= 11 is 0. The molecule has 7 aromatic rings. The average Bonchev–Trinajstić information content (AvgIpc) is 3.69. The van der Waals surface area contributed by atoms with Crippen LogP contribution in [0.4, 0.5) is 0 Å². The van der Waals surface area contributed by atoms with Crippen LogP contribution in [0.15, 0.2) is 121 Å². The van der Waals surface area contributed by atoms with E-state index in [-0.39, 0.29) is 0 Å². The molecule has 0 N–H and O–H groups in total. The van der Waals surface area contributed by atoms with Gasteiger partial charge in [0.05, 0.1) is 57.1 Å². The molecule has 2 aromatic heterocycles. The molecule has 2 heterocycles. The van der Waals surface area contributed by atoms with Gasteiger partial charge in [0.15, 0.2) is 0 Å². The number of rotatable bonds is 4. The van der Waals surface area contributed by atoms with Crippen molar-refractivity contribution in [2.45, 2.75) is 26.2 Å². The summed E-state index contributed by atoms with van der Waals surface area (Å²) in [6.45, 7) is 2.27. The minimum Gasteiger partial charge on any atom is -0.313 e. The van der Waals surface area contributed by atoms with Crippen LogP contribution in [0.2, 0.25) is 0 Å². The van der Waals surface area contributed by atoms with E-state index < -0.39 is 0 Å². The molecule has 2 aliphatic carbocycles. The second kappa shape index (κ2) is 11.9. The molecule has 2 aliphatic rings. The highest BCUT2D eigenvalue weighted by Crippen LogP contribution is 2.41. The maximum Gasteiger partial charge on any atom is 0.0992 e. The van der Waals surface area contributed by atoms with Crippen LogP contribution in [0.25, 0.3) is 66.9 Å². The number of nitriles is 3. The first-order valence-electron chi connectivity index (χ1n) is 17.3. The fourth-order valence-corrected chi connectivity index (χ4v) is 8.10. The van der Waals surface area contributed by atoms with Gasteiger partial charge in [-0.3, -0.25) is 0 Å². The van der Waals surface area contributed by atoms with Crippen molar-refractivity contribution in [1.82, 2.24) is 9.13 Å². The molecular weight excluding hydrogens is 623 g/mol. The molecule has 0 saturated heterocycles. The summed E-state index contributed by atoms with van der Waals surface area (Å²) in [5.74, 6) is 0.345. The van der Waals surface area contributed by atoms with Crippen LogP contribution in [0.1, 0.15) is 53.3 Å². The van der Waals surface area contributed by atoms with Gasteiger partial charge in [-0.2, -0.15) is 15.8 Å². The maximum atomic E-state index is 9.93. The van der Waals surface area contributed by atoms with Crippen LogP contribution >= 0.6 is 0 Å². The van der Waals surface area contributed by atoms with Gasteiger partial charge >= 0.3 is 0 Å². The van der Waals surface area contributed by atoms with E-state index in [0.717, 1.165) is 68.8 Å². The highest BCUT2D eigenvalue weighted by atomic mass is 15.0. The van der Waals surface area contributed by atoms with E-state index in [1.807, 2.05) is 60.7 Å². The molecule has 1 unspecified atom stereocenters. The molecular formula is C46H31N5. The molecule has 0 radical (unpaired) electrons. The largest absolute Gasteiger partial charge is 0.313 e. The fraction of sp³-hybridized carbons (Fsp3) is 0.109. The summed E-state index contributed by atoms with van der Waals surface area (Å²) in [5, 5.41) is 32.6. The van der Waals surface area contributed by atoms with E-state index in [0.29, 0.717) is 22.6 Å². The predicted molar refractivity (Wildman–Crippen MR) is 206 cm³/mol. The lowest BCUT2D eigenvalue weighted by Crippen LogP contribution is -2.09. The van der Waals surface area contributed by atoms with E-state index in [1.54, 1.807) is 0 Å². The van der Waals surface area contributed by atoms with Crippen molar-refractivity contribution in [3.8, 4) is 35.0 Å². The van der Waals surface area contributed by atoms with Crippen molar-refractivity contribution < 1.29 is 0 Å². The molecule has 5 nitrogen and oxygen atoms in total. The quantitative estimate of drug-likeness (QED) is 0.190. The van der Waals surface area contributed by atoms with Gasteiger partial charge in [-0.15, -0.1) is 0 Å². The molecule has 5 heteroatoms. The van der Waals surface area contributed by atoms with Gasteiger partial charge in [0, 0.05) is 38.7 Å². The Morgan fingerprint density at radius 2 is 1.33 bits per heavy atom. The van der Waals surface area contributed by atoms with Gasteiger partial charge in [-0.1, -0.05) is 73.7 Å². The first-order valence-corrected chi connectivity index (χ1v) is 17.3. The highest BCUT2D eigenvalue weighted by molar-refractivity contribution is 6.10. The van der Waals surface area contributed by atoms with Crippen LogP contribution < -0.4 is 0 Å². The molecule has 0 aliphatic heterocycles. The van der Waals surface area contributed by atoms with Crippen molar-refractivity contribution in [1.29, 1.82) is 15.8 Å². The number of benzene rings is 5. The molecule has 51 heavy (non-hydrogen) atoms. The van der Waals surface area contributed by atoms with Crippen LogP contribution in [-0.4, -0.2) is 9.13 Å². The molecule has 9 rings (SSSR count). The monoisotopic (exact) mass is 653 g/mol. The molecule has 240 valence electrons. The predicted octanol–water partition coefficient (Wildman–Crippen LogP) is 10.9. The summed E-state index contributed by atoms with van der Waals surface area (Å²) in [4.78, 5) is 0. The third-order valence-corrected chi connectivity index (χ3v) is 10.4. The first-order chi connectivity index (χ1) is 25.0. The van der Waals surface area contributed by atoms with Gasteiger partial charge in [0.1, 0.15) is 0 Å². The van der Waals surface area contributed by atoms with Crippen molar-refractivity contribution >= 4 is 50.1 Å². The number of para-hydroxylation sites is 1. The van der Waals surface area contributed by atoms with E-state index in [1.165, 1.54) is 28.1 Å². The number of hydrogen-bond donors (Lipinski definition) is 0. The van der Waals surface area contributed by atoms with Gasteiger partial charge in [-0.05, 0) is 103 Å². The Balaban J connectivity index is 1.15. The van der Waals surface area contributed by atoms with Crippen molar-refractivity contribution in [3.63, 3.8) is 0 Å². The number of aromatic nitrogens is 2. The van der Waals surface area contributed by atoms with Crippen LogP contribution in [-0.2, 0) is 6.42 Å². The Bertz CT molecular complexity index is 2810. The summed E-state index contributed by atoms with van der Waals surface area (Å²) in [6, 6.07) is 41.7. The van der Waals surface area contributed by atoms with Crippen molar-refractivity contribution in [2.75, 3.05) is 0 Å². The van der Waals surface area contributed by atoms with E-state index in [2.05, 4.69) is 101 Å². The second-order valence-electron chi connectivity index (χ2n) is 13.5. The summed E-state index contributed by atoms with van der Waals surface area (Å²) in [5.41, 5.74) is 14.1. The minimum atomic E-state index is 0.345. The topological polar surface area (TPSA) is 81.2 Å². The lowest BCUT2D eigenvalue weighted by Gasteiger charge is -2.23. The number of fused-ring (bicyclic) bond motifs is 6. The Hall–Kier alpha value is -6.87. The number of nitrogens with zero attached hydrogens (tertiary/aromatic N) is 5. The Morgan fingerprint density at radius 1 is 0.647 bits per heavy atom. The van der Waals surface area contributed by atoms with E-state index in [4.69, 9.17) is 0 Å². The maximum absolute atomic E-state index is 9.93. The van der Waals surface area contributed by atoms with Gasteiger partial charge < -0.3 is 9.13 Å². The average molecular weight is 654 g/mol. The lowest BCUT2D eigenvalue weighted by atomic mass is 9.88. The lowest BCUT2D eigenvalue weighted by molar-refractivity contribution is 0.743. The highest BCUT2D eigenvalue weighted by Gasteiger charge is 2.23. The molecule has 0 saturated carbocycles. The molecule has 0 fully saturated rings. The normalized spacial score (nSPS) is 15.2. The third-order valence-electron chi connectivity index (χ3n) is 10.4. The van der Waals surface area contributed by atoms with Crippen molar-refractivity contribution in [3.05, 3.63) is 155 Å². The van der Waals surface area contributed by atoms with Crippen LogP contribution in [0, 0.1) is 39.9 Å². The molecule has 0 amide bonds.